The van der Waals surface area contributed by atoms with Crippen molar-refractivity contribution in [1.29, 1.82) is 0 Å². The van der Waals surface area contributed by atoms with Crippen LogP contribution < -0.4 is 0 Å². The van der Waals surface area contributed by atoms with E-state index in [9.17, 15) is 4.79 Å². The number of nitrogens with zero attached hydrogens (tertiary/aromatic N) is 1. The molecular formula is C15H20BrNO3. The van der Waals surface area contributed by atoms with Crippen LogP contribution in [0.2, 0.25) is 0 Å². The Hall–Kier alpha value is -0.910. The highest BCUT2D eigenvalue weighted by Crippen LogP contribution is 2.26. The van der Waals surface area contributed by atoms with Crippen molar-refractivity contribution in [3.05, 3.63) is 34.3 Å². The second kappa shape index (κ2) is 6.24. The summed E-state index contributed by atoms with van der Waals surface area (Å²) in [5.41, 5.74) is 0.284. The average Bonchev–Trinajstić information content (AvgIpc) is 2.46. The first kappa shape index (κ1) is 15.5. The fourth-order valence-corrected chi connectivity index (χ4v) is 2.63. The van der Waals surface area contributed by atoms with Gasteiger partial charge in [0.05, 0.1) is 13.2 Å². The van der Waals surface area contributed by atoms with Gasteiger partial charge >= 0.3 is 0 Å². The molecule has 1 aromatic carbocycles. The van der Waals surface area contributed by atoms with Gasteiger partial charge in [-0.05, 0) is 31.5 Å². The number of carbonyl (C=O) groups is 1. The van der Waals surface area contributed by atoms with E-state index in [-0.39, 0.29) is 12.0 Å². The minimum absolute atomic E-state index is 0.00305. The largest absolute Gasteiger partial charge is 0.370 e. The molecule has 1 heterocycles. The topological polar surface area (TPSA) is 38.8 Å². The van der Waals surface area contributed by atoms with Crippen LogP contribution in [0.15, 0.2) is 28.7 Å². The second-order valence-corrected chi connectivity index (χ2v) is 6.30. The van der Waals surface area contributed by atoms with E-state index >= 15 is 0 Å². The lowest BCUT2D eigenvalue weighted by atomic mass is 10.0. The van der Waals surface area contributed by atoms with Crippen molar-refractivity contribution >= 4 is 21.8 Å². The van der Waals surface area contributed by atoms with E-state index in [4.69, 9.17) is 9.47 Å². The third kappa shape index (κ3) is 3.40. The molecule has 5 heteroatoms. The maximum Gasteiger partial charge on any atom is 0.254 e. The number of hydrogen-bond donors (Lipinski definition) is 0. The minimum atomic E-state index is -0.792. The van der Waals surface area contributed by atoms with Gasteiger partial charge in [0, 0.05) is 18.1 Å². The summed E-state index contributed by atoms with van der Waals surface area (Å²) in [6.45, 7) is 5.29. The SMILES string of the molecule is COC(C)(C)C(=O)N1CCOC(c2cccc(Br)c2)C1. The van der Waals surface area contributed by atoms with E-state index in [1.807, 2.05) is 29.2 Å². The van der Waals surface area contributed by atoms with E-state index < -0.39 is 5.60 Å². The second-order valence-electron chi connectivity index (χ2n) is 5.38. The molecule has 20 heavy (non-hydrogen) atoms. The van der Waals surface area contributed by atoms with Crippen molar-refractivity contribution in [2.45, 2.75) is 25.6 Å². The molecule has 1 saturated heterocycles. The summed E-state index contributed by atoms with van der Waals surface area (Å²) < 4.78 is 12.1. The zero-order valence-corrected chi connectivity index (χ0v) is 13.6. The molecule has 1 aliphatic rings. The highest BCUT2D eigenvalue weighted by molar-refractivity contribution is 9.10. The first-order chi connectivity index (χ1) is 9.44. The van der Waals surface area contributed by atoms with Gasteiger partial charge in [0.25, 0.3) is 5.91 Å². The number of rotatable bonds is 3. The van der Waals surface area contributed by atoms with Gasteiger partial charge in [0.2, 0.25) is 0 Å². The fraction of sp³-hybridized carbons (Fsp3) is 0.533. The highest BCUT2D eigenvalue weighted by Gasteiger charge is 2.35. The maximum absolute atomic E-state index is 12.4. The molecule has 0 bridgehead atoms. The number of carbonyl (C=O) groups excluding carboxylic acids is 1. The monoisotopic (exact) mass is 341 g/mol. The molecular weight excluding hydrogens is 322 g/mol. The number of morpholine rings is 1. The van der Waals surface area contributed by atoms with Crippen molar-refractivity contribution in [2.75, 3.05) is 26.8 Å². The van der Waals surface area contributed by atoms with Gasteiger partial charge in [-0.15, -0.1) is 0 Å². The Balaban J connectivity index is 2.11. The van der Waals surface area contributed by atoms with Crippen LogP contribution in [0.3, 0.4) is 0 Å². The van der Waals surface area contributed by atoms with Crippen LogP contribution in [0.4, 0.5) is 0 Å². The zero-order chi connectivity index (χ0) is 14.8. The Morgan fingerprint density at radius 2 is 2.25 bits per heavy atom. The summed E-state index contributed by atoms with van der Waals surface area (Å²) in [7, 11) is 1.56. The lowest BCUT2D eigenvalue weighted by Crippen LogP contribution is -2.51. The molecule has 4 nitrogen and oxygen atoms in total. The van der Waals surface area contributed by atoms with Crippen molar-refractivity contribution in [3.8, 4) is 0 Å². The normalized spacial score (nSPS) is 20.0. The van der Waals surface area contributed by atoms with Crippen LogP contribution in [-0.4, -0.2) is 43.2 Å². The van der Waals surface area contributed by atoms with Crippen molar-refractivity contribution < 1.29 is 14.3 Å². The Morgan fingerprint density at radius 3 is 2.90 bits per heavy atom. The molecule has 1 aromatic rings. The third-order valence-corrected chi connectivity index (χ3v) is 4.09. The fourth-order valence-electron chi connectivity index (χ4n) is 2.21. The summed E-state index contributed by atoms with van der Waals surface area (Å²) in [4.78, 5) is 14.2. The molecule has 1 amide bonds. The Morgan fingerprint density at radius 1 is 1.50 bits per heavy atom. The summed E-state index contributed by atoms with van der Waals surface area (Å²) in [6.07, 6.45) is -0.0853. The molecule has 1 atom stereocenters. The number of benzene rings is 1. The molecule has 0 radical (unpaired) electrons. The molecule has 0 spiro atoms. The molecule has 0 aliphatic carbocycles. The quantitative estimate of drug-likeness (QED) is 0.848. The smallest absolute Gasteiger partial charge is 0.254 e. The number of methoxy groups -OCH3 is 1. The summed E-state index contributed by atoms with van der Waals surface area (Å²) in [6, 6.07) is 8.00. The minimum Gasteiger partial charge on any atom is -0.370 e. The highest BCUT2D eigenvalue weighted by atomic mass is 79.9. The predicted octanol–water partition coefficient (Wildman–Crippen LogP) is 2.77. The molecule has 1 aliphatic heterocycles. The first-order valence-electron chi connectivity index (χ1n) is 6.65. The van der Waals surface area contributed by atoms with E-state index in [2.05, 4.69) is 15.9 Å². The van der Waals surface area contributed by atoms with Crippen molar-refractivity contribution in [1.82, 2.24) is 4.90 Å². The van der Waals surface area contributed by atoms with E-state index in [0.717, 1.165) is 10.0 Å². The molecule has 2 rings (SSSR count). The molecule has 1 unspecified atom stereocenters. The van der Waals surface area contributed by atoms with Crippen molar-refractivity contribution in [2.24, 2.45) is 0 Å². The Labute approximate surface area is 128 Å². The lowest BCUT2D eigenvalue weighted by molar-refractivity contribution is -0.158. The number of hydrogen-bond acceptors (Lipinski definition) is 3. The predicted molar refractivity (Wildman–Crippen MR) is 80.5 cm³/mol. The third-order valence-electron chi connectivity index (χ3n) is 3.60. The molecule has 0 aromatic heterocycles. The van der Waals surface area contributed by atoms with Crippen molar-refractivity contribution in [3.63, 3.8) is 0 Å². The molecule has 110 valence electrons. The standard InChI is InChI=1S/C15H20BrNO3/c1-15(2,19-3)14(18)17-7-8-20-13(10-17)11-5-4-6-12(16)9-11/h4-6,9,13H,7-8,10H2,1-3H3. The van der Waals surface area contributed by atoms with Crippen LogP contribution >= 0.6 is 15.9 Å². The van der Waals surface area contributed by atoms with Gasteiger partial charge < -0.3 is 14.4 Å². The zero-order valence-electron chi connectivity index (χ0n) is 12.1. The number of ether oxygens (including phenoxy) is 2. The summed E-state index contributed by atoms with van der Waals surface area (Å²) in [5, 5.41) is 0. The summed E-state index contributed by atoms with van der Waals surface area (Å²) in [5.74, 6) is 0.00305. The average molecular weight is 342 g/mol. The summed E-state index contributed by atoms with van der Waals surface area (Å²) >= 11 is 3.46. The molecule has 1 fully saturated rings. The van der Waals surface area contributed by atoms with Gasteiger partial charge in [-0.1, -0.05) is 28.1 Å². The van der Waals surface area contributed by atoms with Gasteiger partial charge in [0.15, 0.2) is 0 Å². The van der Waals surface area contributed by atoms with Crippen LogP contribution in [0, 0.1) is 0 Å². The molecule has 0 N–H and O–H groups in total. The van der Waals surface area contributed by atoms with Crippen LogP contribution in [0.5, 0.6) is 0 Å². The van der Waals surface area contributed by atoms with Gasteiger partial charge in [0.1, 0.15) is 11.7 Å². The van der Waals surface area contributed by atoms with Gasteiger partial charge in [-0.3, -0.25) is 4.79 Å². The Kier molecular flexibility index (Phi) is 4.83. The lowest BCUT2D eigenvalue weighted by Gasteiger charge is -2.37. The molecule has 0 saturated carbocycles. The van der Waals surface area contributed by atoms with E-state index in [1.54, 1.807) is 21.0 Å². The van der Waals surface area contributed by atoms with Crippen LogP contribution in [0.1, 0.15) is 25.5 Å². The van der Waals surface area contributed by atoms with Gasteiger partial charge in [-0.2, -0.15) is 0 Å². The first-order valence-corrected chi connectivity index (χ1v) is 7.45. The van der Waals surface area contributed by atoms with E-state index in [1.165, 1.54) is 0 Å². The number of amides is 1. The van der Waals surface area contributed by atoms with Crippen LogP contribution in [-0.2, 0) is 14.3 Å². The maximum atomic E-state index is 12.4. The Bertz CT molecular complexity index is 490. The number of halogens is 1. The van der Waals surface area contributed by atoms with Crippen LogP contribution in [0.25, 0.3) is 0 Å². The van der Waals surface area contributed by atoms with E-state index in [0.29, 0.717) is 19.7 Å². The van der Waals surface area contributed by atoms with Gasteiger partial charge in [-0.25, -0.2) is 0 Å².